The summed E-state index contributed by atoms with van der Waals surface area (Å²) in [6.07, 6.45) is 8.94. The predicted octanol–water partition coefficient (Wildman–Crippen LogP) is 4.73. The number of aliphatic hydroxyl groups is 1. The minimum absolute atomic E-state index is 0.0538. The Bertz CT molecular complexity index is 1040. The van der Waals surface area contributed by atoms with E-state index in [0.29, 0.717) is 38.9 Å². The Morgan fingerprint density at radius 3 is 2.55 bits per heavy atom. The van der Waals surface area contributed by atoms with E-state index in [9.17, 15) is 23.9 Å². The summed E-state index contributed by atoms with van der Waals surface area (Å²) in [5.41, 5.74) is 0.796. The van der Waals surface area contributed by atoms with Crippen LogP contribution in [0.5, 0.6) is 0 Å². The van der Waals surface area contributed by atoms with Gasteiger partial charge in [-0.1, -0.05) is 45.1 Å². The molecule has 2 saturated heterocycles. The number of cyclic esters (lactones) is 1. The molecule has 0 aliphatic carbocycles. The average molecular weight is 622 g/mol. The second-order valence-electron chi connectivity index (χ2n) is 12.7. The van der Waals surface area contributed by atoms with Crippen LogP contribution >= 0.6 is 0 Å². The summed E-state index contributed by atoms with van der Waals surface area (Å²) in [6, 6.07) is -0.396. The third kappa shape index (κ3) is 10.9. The normalized spacial score (nSPS) is 31.2. The molecule has 0 unspecified atom stereocenters. The maximum absolute atomic E-state index is 13.1. The number of likely N-dealkylation sites (N-methyl/N-ethyl adjacent to an activating group) is 1. The van der Waals surface area contributed by atoms with E-state index in [1.54, 1.807) is 4.90 Å². The minimum atomic E-state index is -0.855. The number of ether oxygens (including phenoxy) is 3. The van der Waals surface area contributed by atoms with Crippen LogP contribution in [0.15, 0.2) is 36.0 Å². The number of likely N-dealkylation sites (tertiary alicyclic amines) is 1. The van der Waals surface area contributed by atoms with Crippen molar-refractivity contribution in [1.29, 1.82) is 0 Å². The lowest BCUT2D eigenvalue weighted by Gasteiger charge is -2.33. The second-order valence-corrected chi connectivity index (χ2v) is 12.7. The maximum atomic E-state index is 13.1. The first-order chi connectivity index (χ1) is 21.0. The summed E-state index contributed by atoms with van der Waals surface area (Å²) >= 11 is 0. The molecule has 0 bridgehead atoms. The number of hydrogen-bond donors (Lipinski definition) is 1. The second kappa shape index (κ2) is 17.5. The Balaban J connectivity index is 1.66. The summed E-state index contributed by atoms with van der Waals surface area (Å²) in [5, 5.41) is 10.5. The van der Waals surface area contributed by atoms with Crippen LogP contribution in [-0.4, -0.2) is 115 Å². The molecule has 7 atom stereocenters. The highest BCUT2D eigenvalue weighted by molar-refractivity contribution is 5.70. The highest BCUT2D eigenvalue weighted by Crippen LogP contribution is 2.25. The monoisotopic (exact) mass is 621 g/mol. The van der Waals surface area contributed by atoms with Crippen LogP contribution in [0.4, 0.5) is 14.0 Å². The zero-order valence-corrected chi connectivity index (χ0v) is 27.0. The number of carbonyl (C=O) groups excluding carboxylic acids is 3. The Morgan fingerprint density at radius 1 is 1.11 bits per heavy atom. The largest absolute Gasteiger partial charge is 0.457 e. The SMILES string of the molecule is C/C(=C\C=C\[C@@H](C)COC(=O)N1CCC[C@@H]1CF)[C@H]1OC(=O)C[C@@H](O)CC[C@@H](C)[C@@H](OC(=O)N2CCN(C)CC2)/C=C\[C@@H]1C. The van der Waals surface area contributed by atoms with Crippen molar-refractivity contribution in [2.45, 2.75) is 84.2 Å². The Kier molecular flexibility index (Phi) is 14.2. The summed E-state index contributed by atoms with van der Waals surface area (Å²) in [6.45, 7) is 10.7. The fourth-order valence-corrected chi connectivity index (χ4v) is 5.70. The summed E-state index contributed by atoms with van der Waals surface area (Å²) in [7, 11) is 2.03. The van der Waals surface area contributed by atoms with Crippen LogP contribution < -0.4 is 0 Å². The van der Waals surface area contributed by atoms with Gasteiger partial charge >= 0.3 is 18.2 Å². The van der Waals surface area contributed by atoms with E-state index >= 15 is 0 Å². The zero-order chi connectivity index (χ0) is 32.2. The quantitative estimate of drug-likeness (QED) is 0.188. The van der Waals surface area contributed by atoms with Gasteiger partial charge in [-0.3, -0.25) is 4.79 Å². The molecular weight excluding hydrogens is 569 g/mol. The zero-order valence-electron chi connectivity index (χ0n) is 27.0. The van der Waals surface area contributed by atoms with Crippen molar-refractivity contribution in [3.8, 4) is 0 Å². The molecule has 3 rings (SSSR count). The van der Waals surface area contributed by atoms with Crippen molar-refractivity contribution < 1.29 is 38.1 Å². The number of piperazine rings is 1. The van der Waals surface area contributed by atoms with Gasteiger partial charge in [0.15, 0.2) is 0 Å². The maximum Gasteiger partial charge on any atom is 0.410 e. The summed E-state index contributed by atoms with van der Waals surface area (Å²) in [4.78, 5) is 43.4. The number of esters is 1. The molecule has 10 nitrogen and oxygen atoms in total. The number of nitrogens with zero attached hydrogens (tertiary/aromatic N) is 3. The number of amides is 2. The van der Waals surface area contributed by atoms with E-state index in [-0.39, 0.29) is 36.9 Å². The molecule has 3 aliphatic rings. The van der Waals surface area contributed by atoms with E-state index in [1.165, 1.54) is 4.90 Å². The van der Waals surface area contributed by atoms with Gasteiger partial charge in [-0.2, -0.15) is 0 Å². The van der Waals surface area contributed by atoms with E-state index in [0.717, 1.165) is 25.1 Å². The standard InChI is InChI=1S/C33H52FN3O7/c1-23(22-42-33(41)37-15-7-10-27(37)21-34)8-6-9-25(3)31-26(4)12-14-29(24(2)11-13-28(38)20-30(39)44-31)43-32(40)36-18-16-35(5)17-19-36/h6,8-9,12,14,23-24,26-29,31,38H,7,10-11,13,15-22H2,1-5H3/b8-6+,14-12-,25-9+/t23-,24-,26+,27-,28+,29+,31-/m1/s1. The lowest BCUT2D eigenvalue weighted by molar-refractivity contribution is -0.151. The first-order valence-electron chi connectivity index (χ1n) is 16.0. The highest BCUT2D eigenvalue weighted by atomic mass is 19.1. The number of hydrogen-bond acceptors (Lipinski definition) is 8. The number of halogens is 1. The lowest BCUT2D eigenvalue weighted by Crippen LogP contribution is -2.48. The van der Waals surface area contributed by atoms with Gasteiger partial charge in [0.05, 0.1) is 25.2 Å². The molecule has 11 heteroatoms. The Morgan fingerprint density at radius 2 is 1.84 bits per heavy atom. The van der Waals surface area contributed by atoms with Gasteiger partial charge in [0, 0.05) is 44.6 Å². The van der Waals surface area contributed by atoms with E-state index in [1.807, 2.05) is 65.1 Å². The number of alkyl halides is 1. The topological polar surface area (TPSA) is 109 Å². The molecule has 1 N–H and O–H groups in total. The lowest BCUT2D eigenvalue weighted by atomic mass is 9.92. The third-order valence-corrected chi connectivity index (χ3v) is 8.76. The van der Waals surface area contributed by atoms with Crippen molar-refractivity contribution in [3.05, 3.63) is 36.0 Å². The molecular formula is C33H52FN3O7. The van der Waals surface area contributed by atoms with Crippen LogP contribution in [0.2, 0.25) is 0 Å². The van der Waals surface area contributed by atoms with Crippen LogP contribution in [-0.2, 0) is 19.0 Å². The predicted molar refractivity (Wildman–Crippen MR) is 166 cm³/mol. The number of aliphatic hydroxyl groups excluding tert-OH is 1. The van der Waals surface area contributed by atoms with Crippen molar-refractivity contribution in [2.75, 3.05) is 53.1 Å². The molecule has 0 saturated carbocycles. The van der Waals surface area contributed by atoms with Crippen molar-refractivity contribution in [1.82, 2.24) is 14.7 Å². The minimum Gasteiger partial charge on any atom is -0.457 e. The van der Waals surface area contributed by atoms with E-state index < -0.39 is 43.1 Å². The molecule has 2 fully saturated rings. The molecule has 0 spiro atoms. The Labute approximate surface area is 261 Å². The molecule has 0 aromatic rings. The molecule has 0 aromatic carbocycles. The molecule has 3 aliphatic heterocycles. The average Bonchev–Trinajstić information content (AvgIpc) is 3.48. The van der Waals surface area contributed by atoms with Gasteiger partial charge < -0.3 is 34.0 Å². The first kappa shape index (κ1) is 35.6. The molecule has 248 valence electrons. The van der Waals surface area contributed by atoms with Crippen LogP contribution in [0.25, 0.3) is 0 Å². The third-order valence-electron chi connectivity index (χ3n) is 8.76. The van der Waals surface area contributed by atoms with Gasteiger partial charge in [-0.15, -0.1) is 0 Å². The summed E-state index contributed by atoms with van der Waals surface area (Å²) < 4.78 is 30.4. The van der Waals surface area contributed by atoms with Gasteiger partial charge in [-0.25, -0.2) is 14.0 Å². The molecule has 3 heterocycles. The Hall–Kier alpha value is -2.92. The fraction of sp³-hybridized carbons (Fsp3) is 0.727. The van der Waals surface area contributed by atoms with Gasteiger partial charge in [0.2, 0.25) is 0 Å². The summed E-state index contributed by atoms with van der Waals surface area (Å²) in [5.74, 6) is -0.848. The highest BCUT2D eigenvalue weighted by Gasteiger charge is 2.31. The number of rotatable bonds is 7. The molecule has 44 heavy (non-hydrogen) atoms. The number of allylic oxidation sites excluding steroid dienone is 2. The van der Waals surface area contributed by atoms with Crippen LogP contribution in [0.3, 0.4) is 0 Å². The van der Waals surface area contributed by atoms with Gasteiger partial charge in [0.1, 0.15) is 18.9 Å². The first-order valence-corrected chi connectivity index (χ1v) is 16.0. The molecule has 0 aromatic heterocycles. The van der Waals surface area contributed by atoms with Gasteiger partial charge in [0.25, 0.3) is 0 Å². The van der Waals surface area contributed by atoms with E-state index in [4.69, 9.17) is 14.2 Å². The van der Waals surface area contributed by atoms with Gasteiger partial charge in [-0.05, 0) is 57.2 Å². The van der Waals surface area contributed by atoms with Crippen molar-refractivity contribution in [3.63, 3.8) is 0 Å². The molecule has 0 radical (unpaired) electrons. The smallest absolute Gasteiger partial charge is 0.410 e. The van der Waals surface area contributed by atoms with Crippen molar-refractivity contribution >= 4 is 18.2 Å². The van der Waals surface area contributed by atoms with E-state index in [2.05, 4.69) is 4.90 Å². The fourth-order valence-electron chi connectivity index (χ4n) is 5.70. The van der Waals surface area contributed by atoms with Crippen LogP contribution in [0, 0.1) is 17.8 Å². The van der Waals surface area contributed by atoms with Crippen LogP contribution in [0.1, 0.15) is 59.8 Å². The number of carbonyl (C=O) groups is 3. The van der Waals surface area contributed by atoms with Crippen molar-refractivity contribution in [2.24, 2.45) is 17.8 Å². The molecule has 2 amide bonds.